The van der Waals surface area contributed by atoms with E-state index >= 15 is 0 Å². The van der Waals surface area contributed by atoms with Crippen LogP contribution < -0.4 is 0 Å². The number of carboxylic acid groups (broad SMARTS) is 1. The molecule has 1 heterocycles. The van der Waals surface area contributed by atoms with Gasteiger partial charge in [-0.15, -0.1) is 10.2 Å². The number of carboxylic acids is 1. The van der Waals surface area contributed by atoms with Crippen LogP contribution >= 0.6 is 0 Å². The molecule has 1 aromatic heterocycles. The molecule has 0 aliphatic rings. The van der Waals surface area contributed by atoms with Crippen molar-refractivity contribution in [2.24, 2.45) is 0 Å². The fourth-order valence-corrected chi connectivity index (χ4v) is 1.22. The molecule has 5 heteroatoms. The van der Waals surface area contributed by atoms with Crippen molar-refractivity contribution < 1.29 is 14.3 Å². The molecule has 80 valence electrons. The molecule has 0 unspecified atom stereocenters. The summed E-state index contributed by atoms with van der Waals surface area (Å²) in [6.45, 7) is 0. The van der Waals surface area contributed by atoms with Gasteiger partial charge < -0.3 is 5.11 Å². The van der Waals surface area contributed by atoms with Gasteiger partial charge in [-0.3, -0.25) is 0 Å². The van der Waals surface area contributed by atoms with Gasteiger partial charge in [-0.05, 0) is 36.4 Å². The summed E-state index contributed by atoms with van der Waals surface area (Å²) in [4.78, 5) is 10.5. The van der Waals surface area contributed by atoms with Crippen molar-refractivity contribution in [1.82, 2.24) is 10.2 Å². The highest BCUT2D eigenvalue weighted by atomic mass is 19.1. The summed E-state index contributed by atoms with van der Waals surface area (Å²) in [5.74, 6) is -1.46. The second-order valence-corrected chi connectivity index (χ2v) is 3.12. The van der Waals surface area contributed by atoms with E-state index in [-0.39, 0.29) is 11.5 Å². The van der Waals surface area contributed by atoms with Crippen molar-refractivity contribution in [2.45, 2.75) is 0 Å². The predicted octanol–water partition coefficient (Wildman–Crippen LogP) is 1.98. The van der Waals surface area contributed by atoms with Crippen molar-refractivity contribution in [3.63, 3.8) is 0 Å². The monoisotopic (exact) mass is 218 g/mol. The van der Waals surface area contributed by atoms with Gasteiger partial charge in [0.1, 0.15) is 5.82 Å². The van der Waals surface area contributed by atoms with Crippen LogP contribution in [0.4, 0.5) is 4.39 Å². The lowest BCUT2D eigenvalue weighted by molar-refractivity contribution is 0.0689. The van der Waals surface area contributed by atoms with Crippen molar-refractivity contribution in [1.29, 1.82) is 0 Å². The number of halogens is 1. The standard InChI is InChI=1S/C11H7FN2O2/c12-8-3-1-7(2-4-8)9-5-6-10(11(15)16)14-13-9/h1-6H,(H,15,16). The highest BCUT2D eigenvalue weighted by Crippen LogP contribution is 2.16. The molecule has 0 atom stereocenters. The third-order valence-corrected chi connectivity index (χ3v) is 2.02. The maximum Gasteiger partial charge on any atom is 0.356 e. The second-order valence-electron chi connectivity index (χ2n) is 3.12. The summed E-state index contributed by atoms with van der Waals surface area (Å²) in [6, 6.07) is 8.61. The van der Waals surface area contributed by atoms with Crippen LogP contribution in [0, 0.1) is 5.82 Å². The molecule has 0 amide bonds. The summed E-state index contributed by atoms with van der Waals surface area (Å²) in [6.07, 6.45) is 0. The van der Waals surface area contributed by atoms with Crippen molar-refractivity contribution in [2.75, 3.05) is 0 Å². The number of carbonyl (C=O) groups is 1. The Morgan fingerprint density at radius 2 is 1.75 bits per heavy atom. The molecule has 0 spiro atoms. The van der Waals surface area contributed by atoms with Gasteiger partial charge in [-0.25, -0.2) is 9.18 Å². The van der Waals surface area contributed by atoms with Crippen molar-refractivity contribution in [3.8, 4) is 11.3 Å². The van der Waals surface area contributed by atoms with Crippen LogP contribution in [-0.4, -0.2) is 21.3 Å². The summed E-state index contributed by atoms with van der Waals surface area (Å²) >= 11 is 0. The van der Waals surface area contributed by atoms with Crippen molar-refractivity contribution in [3.05, 3.63) is 47.9 Å². The Morgan fingerprint density at radius 3 is 2.25 bits per heavy atom. The third-order valence-electron chi connectivity index (χ3n) is 2.02. The van der Waals surface area contributed by atoms with Gasteiger partial charge in [0.25, 0.3) is 0 Å². The maximum atomic E-state index is 12.7. The number of benzene rings is 1. The highest BCUT2D eigenvalue weighted by molar-refractivity contribution is 5.85. The van der Waals surface area contributed by atoms with Crippen LogP contribution in [0.25, 0.3) is 11.3 Å². The molecule has 2 rings (SSSR count). The molecular formula is C11H7FN2O2. The number of hydrogen-bond donors (Lipinski definition) is 1. The average Bonchev–Trinajstić information content (AvgIpc) is 2.30. The highest BCUT2D eigenvalue weighted by Gasteiger charge is 2.06. The summed E-state index contributed by atoms with van der Waals surface area (Å²) in [5, 5.41) is 15.9. The zero-order valence-corrected chi connectivity index (χ0v) is 8.09. The molecule has 0 radical (unpaired) electrons. The van der Waals surface area contributed by atoms with Crippen LogP contribution in [0.15, 0.2) is 36.4 Å². The zero-order valence-electron chi connectivity index (χ0n) is 8.09. The first-order valence-electron chi connectivity index (χ1n) is 4.50. The minimum Gasteiger partial charge on any atom is -0.476 e. The van der Waals surface area contributed by atoms with Gasteiger partial charge in [0, 0.05) is 5.56 Å². The molecule has 0 bridgehead atoms. The molecule has 2 aromatic rings. The number of aromatic carboxylic acids is 1. The van der Waals surface area contributed by atoms with E-state index in [9.17, 15) is 9.18 Å². The summed E-state index contributed by atoms with van der Waals surface area (Å²) in [5.41, 5.74) is 1.07. The van der Waals surface area contributed by atoms with E-state index in [0.29, 0.717) is 11.3 Å². The second kappa shape index (κ2) is 4.06. The zero-order chi connectivity index (χ0) is 11.5. The van der Waals surface area contributed by atoms with Crippen LogP contribution in [0.3, 0.4) is 0 Å². The number of aromatic nitrogens is 2. The Hall–Kier alpha value is -2.30. The first kappa shape index (κ1) is 10.2. The van der Waals surface area contributed by atoms with E-state index in [1.165, 1.54) is 24.3 Å². The van der Waals surface area contributed by atoms with E-state index < -0.39 is 5.97 Å². The Bertz CT molecular complexity index is 509. The lowest BCUT2D eigenvalue weighted by atomic mass is 10.1. The number of hydrogen-bond acceptors (Lipinski definition) is 3. The first-order valence-corrected chi connectivity index (χ1v) is 4.50. The van der Waals surface area contributed by atoms with Gasteiger partial charge >= 0.3 is 5.97 Å². The molecule has 16 heavy (non-hydrogen) atoms. The lowest BCUT2D eigenvalue weighted by Crippen LogP contribution is -2.01. The first-order chi connectivity index (χ1) is 7.66. The minimum absolute atomic E-state index is 0.120. The summed E-state index contributed by atoms with van der Waals surface area (Å²) in [7, 11) is 0. The van der Waals surface area contributed by atoms with Gasteiger partial charge in [0.05, 0.1) is 5.69 Å². The SMILES string of the molecule is O=C(O)c1ccc(-c2ccc(F)cc2)nn1. The van der Waals surface area contributed by atoms with E-state index in [2.05, 4.69) is 10.2 Å². The Labute approximate surface area is 90.4 Å². The van der Waals surface area contributed by atoms with Crippen LogP contribution in [0.5, 0.6) is 0 Å². The Kier molecular flexibility index (Phi) is 2.59. The fourth-order valence-electron chi connectivity index (χ4n) is 1.22. The molecule has 1 aromatic carbocycles. The van der Waals surface area contributed by atoms with Gasteiger partial charge in [-0.2, -0.15) is 0 Å². The van der Waals surface area contributed by atoms with Gasteiger partial charge in [-0.1, -0.05) is 0 Å². The fraction of sp³-hybridized carbons (Fsp3) is 0. The summed E-state index contributed by atoms with van der Waals surface area (Å²) < 4.78 is 12.7. The number of nitrogens with zero attached hydrogens (tertiary/aromatic N) is 2. The third kappa shape index (κ3) is 2.03. The molecule has 0 fully saturated rings. The molecule has 4 nitrogen and oxygen atoms in total. The maximum absolute atomic E-state index is 12.7. The Morgan fingerprint density at radius 1 is 1.06 bits per heavy atom. The minimum atomic E-state index is -1.13. The molecule has 0 aliphatic heterocycles. The molecule has 0 saturated heterocycles. The van der Waals surface area contributed by atoms with Gasteiger partial charge in [0.2, 0.25) is 0 Å². The quantitative estimate of drug-likeness (QED) is 0.837. The Balaban J connectivity index is 2.34. The van der Waals surface area contributed by atoms with E-state index in [1.54, 1.807) is 12.1 Å². The van der Waals surface area contributed by atoms with E-state index in [0.717, 1.165) is 0 Å². The topological polar surface area (TPSA) is 63.1 Å². The molecule has 0 saturated carbocycles. The molecule has 1 N–H and O–H groups in total. The van der Waals surface area contributed by atoms with Gasteiger partial charge in [0.15, 0.2) is 5.69 Å². The smallest absolute Gasteiger partial charge is 0.356 e. The van der Waals surface area contributed by atoms with E-state index in [4.69, 9.17) is 5.11 Å². The number of rotatable bonds is 2. The molecule has 0 aliphatic carbocycles. The van der Waals surface area contributed by atoms with Crippen LogP contribution in [0.2, 0.25) is 0 Å². The lowest BCUT2D eigenvalue weighted by Gasteiger charge is -1.99. The largest absolute Gasteiger partial charge is 0.476 e. The average molecular weight is 218 g/mol. The normalized spacial score (nSPS) is 10.1. The van der Waals surface area contributed by atoms with Crippen LogP contribution in [-0.2, 0) is 0 Å². The van der Waals surface area contributed by atoms with Crippen LogP contribution in [0.1, 0.15) is 10.5 Å². The predicted molar refractivity (Wildman–Crippen MR) is 54.4 cm³/mol. The van der Waals surface area contributed by atoms with Crippen molar-refractivity contribution >= 4 is 5.97 Å². The van der Waals surface area contributed by atoms with E-state index in [1.807, 2.05) is 0 Å². The molecular weight excluding hydrogens is 211 g/mol.